The minimum atomic E-state index is -0.385. The largest absolute Gasteiger partial charge is 0.326 e. The first-order valence-corrected chi connectivity index (χ1v) is 5.22. The zero-order valence-electron chi connectivity index (χ0n) is 9.61. The van der Waals surface area contributed by atoms with E-state index in [1.807, 2.05) is 6.07 Å². The third kappa shape index (κ3) is 5.09. The highest BCUT2D eigenvalue weighted by Crippen LogP contribution is 2.09. The van der Waals surface area contributed by atoms with Gasteiger partial charge in [0.15, 0.2) is 0 Å². The number of nitrogens with one attached hydrogen (secondary N) is 1. The van der Waals surface area contributed by atoms with Crippen LogP contribution in [0.25, 0.3) is 0 Å². The lowest BCUT2D eigenvalue weighted by molar-refractivity contribution is -0.116. The fourth-order valence-corrected chi connectivity index (χ4v) is 1.28. The van der Waals surface area contributed by atoms with Gasteiger partial charge in [-0.25, -0.2) is 4.39 Å². The minimum Gasteiger partial charge on any atom is -0.326 e. The summed E-state index contributed by atoms with van der Waals surface area (Å²) in [6.07, 6.45) is 0.273. The zero-order chi connectivity index (χ0) is 12.7. The molecule has 0 spiro atoms. The van der Waals surface area contributed by atoms with Gasteiger partial charge in [-0.2, -0.15) is 5.26 Å². The zero-order valence-corrected chi connectivity index (χ0v) is 9.61. The standard InChI is InChI=1S/C12H14FN3O/c1-16(8-6-14)7-5-12(17)15-11-4-2-3-10(13)9-11/h2-4,9H,5,7-8H2,1H3,(H,15,17). The Morgan fingerprint density at radius 2 is 2.35 bits per heavy atom. The number of rotatable bonds is 5. The number of hydrogen-bond donors (Lipinski definition) is 1. The van der Waals surface area contributed by atoms with Crippen LogP contribution in [0, 0.1) is 17.1 Å². The van der Waals surface area contributed by atoms with E-state index < -0.39 is 0 Å². The number of nitriles is 1. The van der Waals surface area contributed by atoms with Gasteiger partial charge < -0.3 is 5.32 Å². The number of halogens is 1. The van der Waals surface area contributed by atoms with Crippen LogP contribution in [0.15, 0.2) is 24.3 Å². The number of hydrogen-bond acceptors (Lipinski definition) is 3. The van der Waals surface area contributed by atoms with Gasteiger partial charge in [0.25, 0.3) is 0 Å². The van der Waals surface area contributed by atoms with Gasteiger partial charge >= 0.3 is 0 Å². The maximum atomic E-state index is 12.8. The molecule has 1 rings (SSSR count). The monoisotopic (exact) mass is 235 g/mol. The summed E-state index contributed by atoms with van der Waals surface area (Å²) in [6.45, 7) is 0.780. The van der Waals surface area contributed by atoms with Crippen molar-refractivity contribution < 1.29 is 9.18 Å². The molecule has 90 valence electrons. The summed E-state index contributed by atoms with van der Waals surface area (Å²) in [6, 6.07) is 7.73. The average molecular weight is 235 g/mol. The molecular formula is C12H14FN3O. The normalized spacial score (nSPS) is 10.0. The number of carbonyl (C=O) groups excluding carboxylic acids is 1. The van der Waals surface area contributed by atoms with Crippen LogP contribution < -0.4 is 5.32 Å². The molecule has 0 aliphatic rings. The summed E-state index contributed by atoms with van der Waals surface area (Å²) in [5.74, 6) is -0.579. The molecule has 0 aliphatic heterocycles. The lowest BCUT2D eigenvalue weighted by Crippen LogP contribution is -2.24. The van der Waals surface area contributed by atoms with Crippen LogP contribution in [-0.2, 0) is 4.79 Å². The van der Waals surface area contributed by atoms with E-state index in [-0.39, 0.29) is 24.7 Å². The predicted molar refractivity (Wildman–Crippen MR) is 62.8 cm³/mol. The molecule has 1 N–H and O–H groups in total. The van der Waals surface area contributed by atoms with Crippen molar-refractivity contribution in [2.45, 2.75) is 6.42 Å². The lowest BCUT2D eigenvalue weighted by Gasteiger charge is -2.11. The van der Waals surface area contributed by atoms with Crippen LogP contribution in [-0.4, -0.2) is 30.9 Å². The number of amides is 1. The predicted octanol–water partition coefficient (Wildman–Crippen LogP) is 1.61. The SMILES string of the molecule is CN(CC#N)CCC(=O)Nc1cccc(F)c1. The van der Waals surface area contributed by atoms with E-state index in [0.717, 1.165) is 0 Å². The minimum absolute atomic E-state index is 0.194. The molecule has 1 aromatic carbocycles. The van der Waals surface area contributed by atoms with Crippen molar-refractivity contribution in [1.82, 2.24) is 4.90 Å². The molecule has 0 bridgehead atoms. The Hall–Kier alpha value is -1.93. The van der Waals surface area contributed by atoms with Crippen molar-refractivity contribution in [3.05, 3.63) is 30.1 Å². The fraction of sp³-hybridized carbons (Fsp3) is 0.333. The number of nitrogens with zero attached hydrogens (tertiary/aromatic N) is 2. The molecule has 17 heavy (non-hydrogen) atoms. The van der Waals surface area contributed by atoms with E-state index in [1.165, 1.54) is 18.2 Å². The number of carbonyl (C=O) groups is 1. The van der Waals surface area contributed by atoms with Crippen LogP contribution in [0.3, 0.4) is 0 Å². The highest BCUT2D eigenvalue weighted by Gasteiger charge is 2.05. The molecule has 0 saturated carbocycles. The molecule has 5 heteroatoms. The highest BCUT2D eigenvalue weighted by atomic mass is 19.1. The molecule has 1 amide bonds. The Morgan fingerprint density at radius 1 is 1.59 bits per heavy atom. The van der Waals surface area contributed by atoms with Crippen LogP contribution in [0.1, 0.15) is 6.42 Å². The molecule has 0 saturated heterocycles. The van der Waals surface area contributed by atoms with Crippen molar-refractivity contribution in [3.8, 4) is 6.07 Å². The lowest BCUT2D eigenvalue weighted by atomic mass is 10.3. The molecule has 0 atom stereocenters. The molecule has 1 aromatic rings. The van der Waals surface area contributed by atoms with Gasteiger partial charge in [0.1, 0.15) is 5.82 Å². The van der Waals surface area contributed by atoms with Gasteiger partial charge in [-0.15, -0.1) is 0 Å². The van der Waals surface area contributed by atoms with E-state index in [2.05, 4.69) is 5.32 Å². The molecule has 0 fully saturated rings. The van der Waals surface area contributed by atoms with Crippen molar-refractivity contribution in [2.75, 3.05) is 25.5 Å². The number of benzene rings is 1. The topological polar surface area (TPSA) is 56.1 Å². The van der Waals surface area contributed by atoms with Crippen molar-refractivity contribution in [2.24, 2.45) is 0 Å². The van der Waals surface area contributed by atoms with E-state index in [1.54, 1.807) is 18.0 Å². The molecule has 0 radical (unpaired) electrons. The van der Waals surface area contributed by atoms with Crippen LogP contribution in [0.2, 0.25) is 0 Å². The number of anilines is 1. The fourth-order valence-electron chi connectivity index (χ4n) is 1.28. The Kier molecular flexibility index (Phi) is 5.11. The third-order valence-electron chi connectivity index (χ3n) is 2.17. The van der Waals surface area contributed by atoms with E-state index >= 15 is 0 Å². The Bertz CT molecular complexity index is 428. The van der Waals surface area contributed by atoms with Crippen LogP contribution in [0.4, 0.5) is 10.1 Å². The summed E-state index contributed by atoms with van der Waals surface area (Å²) in [4.78, 5) is 13.2. The van der Waals surface area contributed by atoms with E-state index in [4.69, 9.17) is 5.26 Å². The van der Waals surface area contributed by atoms with Crippen molar-refractivity contribution >= 4 is 11.6 Å². The summed E-state index contributed by atoms with van der Waals surface area (Å²) >= 11 is 0. The summed E-state index contributed by atoms with van der Waals surface area (Å²) in [7, 11) is 1.76. The molecule has 0 heterocycles. The molecular weight excluding hydrogens is 221 g/mol. The van der Waals surface area contributed by atoms with Gasteiger partial charge in [-0.05, 0) is 25.2 Å². The van der Waals surface area contributed by atoms with Crippen LogP contribution >= 0.6 is 0 Å². The summed E-state index contributed by atoms with van der Waals surface area (Å²) in [5.41, 5.74) is 0.443. The smallest absolute Gasteiger partial charge is 0.225 e. The maximum absolute atomic E-state index is 12.8. The van der Waals surface area contributed by atoms with E-state index in [9.17, 15) is 9.18 Å². The van der Waals surface area contributed by atoms with Gasteiger partial charge in [0.2, 0.25) is 5.91 Å². The van der Waals surface area contributed by atoms with Gasteiger partial charge in [-0.3, -0.25) is 9.69 Å². The first-order chi connectivity index (χ1) is 8.11. The second-order valence-electron chi connectivity index (χ2n) is 3.70. The Balaban J connectivity index is 2.38. The molecule has 4 nitrogen and oxygen atoms in total. The molecule has 0 unspecified atom stereocenters. The quantitative estimate of drug-likeness (QED) is 0.789. The highest BCUT2D eigenvalue weighted by molar-refractivity contribution is 5.90. The second-order valence-corrected chi connectivity index (χ2v) is 3.70. The summed E-state index contributed by atoms with van der Waals surface area (Å²) in [5, 5.41) is 11.0. The van der Waals surface area contributed by atoms with Gasteiger partial charge in [0, 0.05) is 18.7 Å². The maximum Gasteiger partial charge on any atom is 0.225 e. The second kappa shape index (κ2) is 6.61. The Morgan fingerprint density at radius 3 is 3.00 bits per heavy atom. The summed E-state index contributed by atoms with van der Waals surface area (Å²) < 4.78 is 12.8. The van der Waals surface area contributed by atoms with Crippen molar-refractivity contribution in [3.63, 3.8) is 0 Å². The van der Waals surface area contributed by atoms with Crippen LogP contribution in [0.5, 0.6) is 0 Å². The van der Waals surface area contributed by atoms with Gasteiger partial charge in [0.05, 0.1) is 12.6 Å². The first kappa shape index (κ1) is 13.1. The van der Waals surface area contributed by atoms with Gasteiger partial charge in [-0.1, -0.05) is 6.07 Å². The average Bonchev–Trinajstić information content (AvgIpc) is 2.27. The molecule has 0 aliphatic carbocycles. The Labute approximate surface area is 99.7 Å². The third-order valence-corrected chi connectivity index (χ3v) is 2.17. The van der Waals surface area contributed by atoms with Crippen molar-refractivity contribution in [1.29, 1.82) is 5.26 Å². The first-order valence-electron chi connectivity index (χ1n) is 5.22. The molecule has 0 aromatic heterocycles. The van der Waals surface area contributed by atoms with E-state index in [0.29, 0.717) is 12.2 Å².